The quantitative estimate of drug-likeness (QED) is 0.305. The Morgan fingerprint density at radius 3 is 1.00 bits per heavy atom. The third-order valence-corrected chi connectivity index (χ3v) is 0. The molecule has 0 nitrogen and oxygen atoms in total. The van der Waals surface area contributed by atoms with E-state index in [-0.39, 0.29) is 82.9 Å². The smallest absolute Gasteiger partial charge is 1.00 e. The minimum atomic E-state index is 0. The van der Waals surface area contributed by atoms with Crippen LogP contribution in [0.25, 0.3) is 0 Å². The molecule has 0 heterocycles. The Hall–Kier alpha value is 2.50. The molecular weight excluding hydrogens is 265 g/mol. The van der Waals surface area contributed by atoms with Crippen molar-refractivity contribution in [2.45, 2.75) is 0 Å². The third-order valence-electron chi connectivity index (χ3n) is 0. The standard InChI is InChI=1S/BrH.ClH.HI.Na/h3*1H;/q;;;+1/p-1. The van der Waals surface area contributed by atoms with Gasteiger partial charge in [-0.3, -0.25) is 0 Å². The molecule has 0 spiro atoms. The molecular formula is H2BrClINa. The first-order valence-corrected chi connectivity index (χ1v) is 0. The van der Waals surface area contributed by atoms with Crippen molar-refractivity contribution >= 4 is 41.0 Å². The van der Waals surface area contributed by atoms with E-state index >= 15 is 0 Å². The number of hydrogen-bond acceptors (Lipinski definition) is 0. The SMILES string of the molecule is Br.I.[Cl-].[Na+]. The molecule has 0 saturated heterocycles. The second kappa shape index (κ2) is 17.8. The van der Waals surface area contributed by atoms with E-state index in [1.54, 1.807) is 0 Å². The summed E-state index contributed by atoms with van der Waals surface area (Å²) >= 11 is 0. The molecule has 0 aromatic carbocycles. The van der Waals surface area contributed by atoms with E-state index in [0.29, 0.717) is 0 Å². The monoisotopic (exact) mass is 266 g/mol. The van der Waals surface area contributed by atoms with Crippen molar-refractivity contribution in [2.75, 3.05) is 0 Å². The second-order valence-electron chi connectivity index (χ2n) is 0. The average molecular weight is 267 g/mol. The summed E-state index contributed by atoms with van der Waals surface area (Å²) in [6.45, 7) is 0. The van der Waals surface area contributed by atoms with Gasteiger partial charge in [-0.25, -0.2) is 0 Å². The van der Waals surface area contributed by atoms with Gasteiger partial charge in [-0.05, 0) is 0 Å². The summed E-state index contributed by atoms with van der Waals surface area (Å²) in [6.07, 6.45) is 0. The molecule has 0 fully saturated rings. The summed E-state index contributed by atoms with van der Waals surface area (Å²) in [5.41, 5.74) is 0. The van der Waals surface area contributed by atoms with Gasteiger partial charge < -0.3 is 12.4 Å². The van der Waals surface area contributed by atoms with E-state index in [0.717, 1.165) is 0 Å². The van der Waals surface area contributed by atoms with Gasteiger partial charge in [0.15, 0.2) is 0 Å². The molecule has 0 rings (SSSR count). The number of hydrogen-bond donors (Lipinski definition) is 0. The van der Waals surface area contributed by atoms with Crippen LogP contribution in [0.15, 0.2) is 0 Å². The normalized spacial score (nSPS) is 0. The Labute approximate surface area is 81.6 Å². The maximum Gasteiger partial charge on any atom is 1.00 e. The van der Waals surface area contributed by atoms with Gasteiger partial charge >= 0.3 is 29.6 Å². The molecule has 0 atom stereocenters. The molecule has 0 radical (unpaired) electrons. The van der Waals surface area contributed by atoms with Gasteiger partial charge in [0.2, 0.25) is 0 Å². The van der Waals surface area contributed by atoms with Crippen molar-refractivity contribution in [1.29, 1.82) is 0 Å². The van der Waals surface area contributed by atoms with Crippen LogP contribution in [0, 0.1) is 0 Å². The van der Waals surface area contributed by atoms with Crippen molar-refractivity contribution in [3.8, 4) is 0 Å². The van der Waals surface area contributed by atoms with Gasteiger partial charge in [0, 0.05) is 0 Å². The Balaban J connectivity index is 0. The summed E-state index contributed by atoms with van der Waals surface area (Å²) in [7, 11) is 0. The molecule has 0 aliphatic carbocycles. The maximum atomic E-state index is 0. The third kappa shape index (κ3) is 8.82. The van der Waals surface area contributed by atoms with Crippen LogP contribution in [0.2, 0.25) is 0 Å². The fourth-order valence-corrected chi connectivity index (χ4v) is 0. The minimum absolute atomic E-state index is 0. The molecule has 0 aromatic heterocycles. The van der Waals surface area contributed by atoms with E-state index in [1.807, 2.05) is 0 Å². The first-order valence-electron chi connectivity index (χ1n) is 0. The second-order valence-corrected chi connectivity index (χ2v) is 0. The zero-order valence-electron chi connectivity index (χ0n) is 2.19. The van der Waals surface area contributed by atoms with Gasteiger partial charge in [-0.15, -0.1) is 41.0 Å². The Bertz CT molecular complexity index is 8.00. The van der Waals surface area contributed by atoms with Gasteiger partial charge in [0.25, 0.3) is 0 Å². The van der Waals surface area contributed by atoms with Crippen LogP contribution in [0.3, 0.4) is 0 Å². The van der Waals surface area contributed by atoms with Crippen LogP contribution in [0.5, 0.6) is 0 Å². The molecule has 24 valence electrons. The van der Waals surface area contributed by atoms with Crippen LogP contribution in [0.4, 0.5) is 0 Å². The van der Waals surface area contributed by atoms with Gasteiger partial charge in [0.1, 0.15) is 0 Å². The molecule has 4 heavy (non-hydrogen) atoms. The zero-order chi connectivity index (χ0) is 0. The summed E-state index contributed by atoms with van der Waals surface area (Å²) < 4.78 is 0. The molecule has 4 heteroatoms. The fraction of sp³-hybridized carbons (Fsp3) is 0. The summed E-state index contributed by atoms with van der Waals surface area (Å²) in [6, 6.07) is 0. The molecule has 0 aliphatic heterocycles. The van der Waals surface area contributed by atoms with Crippen molar-refractivity contribution in [1.82, 2.24) is 0 Å². The molecule has 0 bridgehead atoms. The molecule has 0 aromatic rings. The van der Waals surface area contributed by atoms with Crippen molar-refractivity contribution < 1.29 is 42.0 Å². The topological polar surface area (TPSA) is 0 Å². The van der Waals surface area contributed by atoms with Gasteiger partial charge in [-0.2, -0.15) is 0 Å². The van der Waals surface area contributed by atoms with Crippen molar-refractivity contribution in [3.05, 3.63) is 0 Å². The van der Waals surface area contributed by atoms with Crippen molar-refractivity contribution in [3.63, 3.8) is 0 Å². The van der Waals surface area contributed by atoms with Crippen LogP contribution in [-0.2, 0) is 0 Å². The van der Waals surface area contributed by atoms with Crippen LogP contribution < -0.4 is 42.0 Å². The van der Waals surface area contributed by atoms with Gasteiger partial charge in [-0.1, -0.05) is 0 Å². The largest absolute Gasteiger partial charge is 1.00 e. The fourth-order valence-electron chi connectivity index (χ4n) is 0. The summed E-state index contributed by atoms with van der Waals surface area (Å²) in [5, 5.41) is 0. The van der Waals surface area contributed by atoms with E-state index in [4.69, 9.17) is 0 Å². The summed E-state index contributed by atoms with van der Waals surface area (Å²) in [4.78, 5) is 0. The number of halogens is 3. The summed E-state index contributed by atoms with van der Waals surface area (Å²) in [5.74, 6) is 0. The Kier molecular flexibility index (Phi) is 140. The molecule has 0 aliphatic rings. The Morgan fingerprint density at radius 1 is 1.00 bits per heavy atom. The maximum absolute atomic E-state index is 0. The van der Waals surface area contributed by atoms with E-state index in [9.17, 15) is 0 Å². The molecule has 0 unspecified atom stereocenters. The van der Waals surface area contributed by atoms with Crippen LogP contribution in [-0.4, -0.2) is 0 Å². The molecule has 0 N–H and O–H groups in total. The zero-order valence-corrected chi connectivity index (χ0v) is 8.99. The van der Waals surface area contributed by atoms with Gasteiger partial charge in [0.05, 0.1) is 0 Å². The first kappa shape index (κ1) is 31.5. The van der Waals surface area contributed by atoms with E-state index in [1.165, 1.54) is 0 Å². The predicted octanol–water partition coefficient (Wildman–Crippen LogP) is -4.80. The average Bonchev–Trinajstić information content (AvgIpc) is 0. The van der Waals surface area contributed by atoms with E-state index in [2.05, 4.69) is 0 Å². The van der Waals surface area contributed by atoms with Crippen molar-refractivity contribution in [2.24, 2.45) is 0 Å². The van der Waals surface area contributed by atoms with E-state index < -0.39 is 0 Å². The minimum Gasteiger partial charge on any atom is -1.00 e. The predicted molar refractivity (Wildman–Crippen MR) is 25.7 cm³/mol. The van der Waals surface area contributed by atoms with Crippen LogP contribution >= 0.6 is 41.0 Å². The Morgan fingerprint density at radius 2 is 1.00 bits per heavy atom. The van der Waals surface area contributed by atoms with Crippen LogP contribution in [0.1, 0.15) is 0 Å². The molecule has 0 saturated carbocycles. The first-order chi connectivity index (χ1) is 0. The number of rotatable bonds is 0. The molecule has 0 amide bonds.